The summed E-state index contributed by atoms with van der Waals surface area (Å²) >= 11 is 0. The Hall–Kier alpha value is -1.10. The molecular formula is C15H21BO3. The second-order valence-corrected chi connectivity index (χ2v) is 5.88. The van der Waals surface area contributed by atoms with Crippen molar-refractivity contribution in [2.24, 2.45) is 0 Å². The number of hydrogen-bond acceptors (Lipinski definition) is 3. The molecule has 1 saturated heterocycles. The first kappa shape index (κ1) is 14.3. The van der Waals surface area contributed by atoms with E-state index < -0.39 is 0 Å². The lowest BCUT2D eigenvalue weighted by Crippen LogP contribution is -2.41. The zero-order valence-corrected chi connectivity index (χ0v) is 12.0. The zero-order valence-electron chi connectivity index (χ0n) is 12.0. The lowest BCUT2D eigenvalue weighted by molar-refractivity contribution is 0.00578. The maximum absolute atomic E-state index is 8.99. The van der Waals surface area contributed by atoms with Crippen LogP contribution in [-0.4, -0.2) is 23.4 Å². The van der Waals surface area contributed by atoms with E-state index in [1.54, 1.807) is 0 Å². The summed E-state index contributed by atoms with van der Waals surface area (Å²) in [4.78, 5) is 0. The minimum absolute atomic E-state index is 0.0707. The minimum Gasteiger partial charge on any atom is -0.400 e. The summed E-state index contributed by atoms with van der Waals surface area (Å²) in [5, 5.41) is 8.99. The van der Waals surface area contributed by atoms with Crippen LogP contribution in [0, 0.1) is 0 Å². The highest BCUT2D eigenvalue weighted by Gasteiger charge is 2.49. The maximum Gasteiger partial charge on any atom is 0.487 e. The number of aliphatic hydroxyl groups excluding tert-OH is 1. The Labute approximate surface area is 115 Å². The first-order valence-corrected chi connectivity index (χ1v) is 6.58. The Bertz CT molecular complexity index is 447. The molecule has 2 rings (SSSR count). The van der Waals surface area contributed by atoms with Crippen LogP contribution >= 0.6 is 0 Å². The molecule has 1 aliphatic rings. The summed E-state index contributed by atoms with van der Waals surface area (Å²) in [6, 6.07) is 7.74. The fourth-order valence-corrected chi connectivity index (χ4v) is 1.89. The maximum atomic E-state index is 8.99. The highest BCUT2D eigenvalue weighted by Crippen LogP contribution is 2.36. The van der Waals surface area contributed by atoms with Crippen molar-refractivity contribution in [1.29, 1.82) is 0 Å². The van der Waals surface area contributed by atoms with E-state index in [-0.39, 0.29) is 24.9 Å². The molecule has 102 valence electrons. The van der Waals surface area contributed by atoms with E-state index in [0.717, 1.165) is 11.1 Å². The molecule has 3 nitrogen and oxygen atoms in total. The summed E-state index contributed by atoms with van der Waals surface area (Å²) in [5.74, 6) is 1.92. The van der Waals surface area contributed by atoms with Crippen LogP contribution in [0.5, 0.6) is 0 Å². The molecule has 4 heteroatoms. The third kappa shape index (κ3) is 3.08. The van der Waals surface area contributed by atoms with Crippen molar-refractivity contribution in [1.82, 2.24) is 0 Å². The predicted octanol–water partition coefficient (Wildman–Crippen LogP) is 2.82. The smallest absolute Gasteiger partial charge is 0.400 e. The lowest BCUT2D eigenvalue weighted by Gasteiger charge is -2.32. The van der Waals surface area contributed by atoms with Crippen LogP contribution < -0.4 is 0 Å². The molecule has 1 aromatic carbocycles. The van der Waals surface area contributed by atoms with Gasteiger partial charge in [0.15, 0.2) is 0 Å². The Kier molecular flexibility index (Phi) is 3.86. The van der Waals surface area contributed by atoms with Crippen molar-refractivity contribution in [3.63, 3.8) is 0 Å². The summed E-state index contributed by atoms with van der Waals surface area (Å²) in [6.07, 6.45) is 1.98. The average Bonchev–Trinajstić information content (AvgIpc) is 2.56. The number of hydrogen-bond donors (Lipinski definition) is 1. The van der Waals surface area contributed by atoms with Gasteiger partial charge in [0.1, 0.15) is 0 Å². The molecule has 0 aromatic heterocycles. The van der Waals surface area contributed by atoms with Gasteiger partial charge < -0.3 is 14.4 Å². The van der Waals surface area contributed by atoms with Gasteiger partial charge in [-0.1, -0.05) is 36.3 Å². The van der Waals surface area contributed by atoms with Crippen molar-refractivity contribution in [2.45, 2.75) is 45.5 Å². The van der Waals surface area contributed by atoms with Gasteiger partial charge in [-0.15, -0.1) is 0 Å². The summed E-state index contributed by atoms with van der Waals surface area (Å²) < 4.78 is 11.8. The Balaban J connectivity index is 2.04. The van der Waals surface area contributed by atoms with Crippen molar-refractivity contribution in [3.05, 3.63) is 41.4 Å². The van der Waals surface area contributed by atoms with E-state index in [1.165, 1.54) is 0 Å². The standard InChI is InChI=1S/C15H21BO3/c1-14(2)15(3,4)19-16(18-14)10-9-12-5-7-13(11-17)8-6-12/h5-10,17H,11H2,1-4H3. The largest absolute Gasteiger partial charge is 0.487 e. The van der Waals surface area contributed by atoms with E-state index in [0.29, 0.717) is 0 Å². The van der Waals surface area contributed by atoms with Gasteiger partial charge in [-0.2, -0.15) is 0 Å². The third-order valence-corrected chi connectivity index (χ3v) is 3.88. The van der Waals surface area contributed by atoms with Crippen LogP contribution in [0.25, 0.3) is 6.08 Å². The number of rotatable bonds is 3. The topological polar surface area (TPSA) is 38.7 Å². The molecule has 0 aliphatic carbocycles. The molecule has 0 saturated carbocycles. The van der Waals surface area contributed by atoms with Crippen molar-refractivity contribution in [3.8, 4) is 0 Å². The minimum atomic E-state index is -0.317. The van der Waals surface area contributed by atoms with Crippen LogP contribution in [0.1, 0.15) is 38.8 Å². The highest BCUT2D eigenvalue weighted by molar-refractivity contribution is 6.52. The molecule has 1 aliphatic heterocycles. The van der Waals surface area contributed by atoms with Gasteiger partial charge in [-0.3, -0.25) is 0 Å². The SMILES string of the molecule is CC1(C)OB(C=Cc2ccc(CO)cc2)OC1(C)C. The third-order valence-electron chi connectivity index (χ3n) is 3.88. The lowest BCUT2D eigenvalue weighted by atomic mass is 9.89. The molecule has 19 heavy (non-hydrogen) atoms. The fourth-order valence-electron chi connectivity index (χ4n) is 1.89. The monoisotopic (exact) mass is 260 g/mol. The van der Waals surface area contributed by atoms with E-state index >= 15 is 0 Å². The van der Waals surface area contributed by atoms with E-state index in [4.69, 9.17) is 14.4 Å². The van der Waals surface area contributed by atoms with Gasteiger partial charge in [0.2, 0.25) is 0 Å². The molecule has 0 bridgehead atoms. The fraction of sp³-hybridized carbons (Fsp3) is 0.467. The van der Waals surface area contributed by atoms with Crippen LogP contribution in [0.3, 0.4) is 0 Å². The molecule has 1 heterocycles. The van der Waals surface area contributed by atoms with Gasteiger partial charge in [0.25, 0.3) is 0 Å². The second kappa shape index (κ2) is 5.12. The van der Waals surface area contributed by atoms with Gasteiger partial charge >= 0.3 is 7.12 Å². The molecule has 0 spiro atoms. The van der Waals surface area contributed by atoms with Crippen molar-refractivity contribution < 1.29 is 14.4 Å². The second-order valence-electron chi connectivity index (χ2n) is 5.88. The zero-order chi connectivity index (χ0) is 14.1. The molecule has 1 N–H and O–H groups in total. The van der Waals surface area contributed by atoms with E-state index in [2.05, 4.69) is 0 Å². The van der Waals surface area contributed by atoms with E-state index in [9.17, 15) is 0 Å². The van der Waals surface area contributed by atoms with Crippen molar-refractivity contribution in [2.75, 3.05) is 0 Å². The van der Waals surface area contributed by atoms with Crippen LogP contribution in [-0.2, 0) is 15.9 Å². The molecule has 0 unspecified atom stereocenters. The molecule has 0 atom stereocenters. The molecule has 1 fully saturated rings. The first-order valence-electron chi connectivity index (χ1n) is 6.58. The van der Waals surface area contributed by atoms with Crippen LogP contribution in [0.15, 0.2) is 30.2 Å². The number of benzene rings is 1. The average molecular weight is 260 g/mol. The van der Waals surface area contributed by atoms with Gasteiger partial charge in [-0.25, -0.2) is 0 Å². The Morgan fingerprint density at radius 1 is 1.05 bits per heavy atom. The van der Waals surface area contributed by atoms with E-state index in [1.807, 2.05) is 64.0 Å². The molecule has 0 radical (unpaired) electrons. The van der Waals surface area contributed by atoms with Crippen molar-refractivity contribution >= 4 is 13.2 Å². The van der Waals surface area contributed by atoms with Gasteiger partial charge in [0, 0.05) is 0 Å². The molecule has 0 amide bonds. The summed E-state index contributed by atoms with van der Waals surface area (Å²) in [5.41, 5.74) is 1.37. The Morgan fingerprint density at radius 2 is 1.58 bits per heavy atom. The first-order chi connectivity index (χ1) is 8.84. The Morgan fingerprint density at radius 3 is 2.05 bits per heavy atom. The van der Waals surface area contributed by atoms with Crippen LogP contribution in [0.2, 0.25) is 0 Å². The van der Waals surface area contributed by atoms with Gasteiger partial charge in [-0.05, 0) is 38.8 Å². The number of aliphatic hydroxyl groups is 1. The molecular weight excluding hydrogens is 239 g/mol. The summed E-state index contributed by atoms with van der Waals surface area (Å²) in [7, 11) is -0.317. The van der Waals surface area contributed by atoms with Crippen LogP contribution in [0.4, 0.5) is 0 Å². The highest BCUT2D eigenvalue weighted by atomic mass is 16.7. The predicted molar refractivity (Wildman–Crippen MR) is 77.5 cm³/mol. The van der Waals surface area contributed by atoms with Gasteiger partial charge in [0.05, 0.1) is 17.8 Å². The normalized spacial score (nSPS) is 21.2. The summed E-state index contributed by atoms with van der Waals surface area (Å²) in [6.45, 7) is 8.22. The molecule has 1 aromatic rings. The quantitative estimate of drug-likeness (QED) is 0.849.